The summed E-state index contributed by atoms with van der Waals surface area (Å²) >= 11 is 0. The third-order valence-electron chi connectivity index (χ3n) is 4.04. The van der Waals surface area contributed by atoms with Crippen LogP contribution in [0.25, 0.3) is 0 Å². The van der Waals surface area contributed by atoms with Crippen LogP contribution in [0, 0.1) is 5.82 Å². The maximum atomic E-state index is 14.0. The lowest BCUT2D eigenvalue weighted by Gasteiger charge is -2.30. The van der Waals surface area contributed by atoms with Gasteiger partial charge in [-0.25, -0.2) is 9.38 Å². The van der Waals surface area contributed by atoms with E-state index in [0.29, 0.717) is 47.5 Å². The van der Waals surface area contributed by atoms with E-state index in [9.17, 15) is 4.39 Å². The number of nitrogens with two attached hydrogens (primary N) is 1. The zero-order valence-electron chi connectivity index (χ0n) is 14.4. The van der Waals surface area contributed by atoms with Crippen molar-refractivity contribution in [3.05, 3.63) is 41.7 Å². The molecule has 0 saturated heterocycles. The van der Waals surface area contributed by atoms with Crippen LogP contribution in [0.5, 0.6) is 17.2 Å². The average molecular weight is 345 g/mol. The fraction of sp³-hybridized carbons (Fsp3) is 0.278. The molecular weight excluding hydrogens is 325 g/mol. The number of aliphatic imine (C=N–C) groups is 1. The topological polar surface area (TPSA) is 69.3 Å². The van der Waals surface area contributed by atoms with Crippen molar-refractivity contribution in [2.24, 2.45) is 10.7 Å². The molecule has 0 atom stereocenters. The zero-order valence-corrected chi connectivity index (χ0v) is 14.4. The molecule has 132 valence electrons. The Morgan fingerprint density at radius 1 is 1.08 bits per heavy atom. The predicted molar refractivity (Wildman–Crippen MR) is 94.8 cm³/mol. The molecule has 25 heavy (non-hydrogen) atoms. The summed E-state index contributed by atoms with van der Waals surface area (Å²) in [6, 6.07) is 8.31. The Bertz CT molecular complexity index is 823. The molecule has 0 saturated carbocycles. The van der Waals surface area contributed by atoms with E-state index in [1.54, 1.807) is 14.2 Å². The molecule has 1 aliphatic rings. The molecule has 0 spiro atoms. The summed E-state index contributed by atoms with van der Waals surface area (Å²) in [6.07, 6.45) is 0. The standard InChI is InChI=1S/C18H20FN3O3/c1-23-13-5-4-11(15(8-13)24-2)9-22-10-17(20)21-18-14(22)6-12(19)7-16(18)25-3/h4-8H,9-10H2,1-3H3,(H2,20,21). The summed E-state index contributed by atoms with van der Waals surface area (Å²) < 4.78 is 29.9. The second-order valence-electron chi connectivity index (χ2n) is 5.61. The Labute approximate surface area is 145 Å². The van der Waals surface area contributed by atoms with Gasteiger partial charge in [0.05, 0.1) is 33.6 Å². The molecule has 0 unspecified atom stereocenters. The fourth-order valence-electron chi connectivity index (χ4n) is 2.86. The molecule has 2 aromatic carbocycles. The summed E-state index contributed by atoms with van der Waals surface area (Å²) in [4.78, 5) is 6.27. The van der Waals surface area contributed by atoms with E-state index in [4.69, 9.17) is 19.9 Å². The molecule has 0 fully saturated rings. The van der Waals surface area contributed by atoms with E-state index in [2.05, 4.69) is 4.99 Å². The summed E-state index contributed by atoms with van der Waals surface area (Å²) in [7, 11) is 4.68. The summed E-state index contributed by atoms with van der Waals surface area (Å²) in [6.45, 7) is 0.859. The molecular formula is C18H20FN3O3. The van der Waals surface area contributed by atoms with E-state index in [0.717, 1.165) is 5.56 Å². The SMILES string of the molecule is COc1ccc(CN2CC(N)=Nc3c(OC)cc(F)cc32)c(OC)c1. The van der Waals surface area contributed by atoms with Gasteiger partial charge in [-0.3, -0.25) is 0 Å². The maximum absolute atomic E-state index is 14.0. The van der Waals surface area contributed by atoms with Crippen LogP contribution in [-0.4, -0.2) is 33.7 Å². The van der Waals surface area contributed by atoms with Crippen LogP contribution >= 0.6 is 0 Å². The van der Waals surface area contributed by atoms with Crippen molar-refractivity contribution in [3.8, 4) is 17.2 Å². The van der Waals surface area contributed by atoms with Crippen LogP contribution in [0.2, 0.25) is 0 Å². The number of methoxy groups -OCH3 is 3. The van der Waals surface area contributed by atoms with E-state index in [-0.39, 0.29) is 0 Å². The number of anilines is 1. The Morgan fingerprint density at radius 2 is 1.84 bits per heavy atom. The van der Waals surface area contributed by atoms with Gasteiger partial charge in [0.25, 0.3) is 0 Å². The number of rotatable bonds is 5. The number of benzene rings is 2. The highest BCUT2D eigenvalue weighted by Gasteiger charge is 2.23. The van der Waals surface area contributed by atoms with Crippen molar-refractivity contribution in [1.29, 1.82) is 0 Å². The zero-order chi connectivity index (χ0) is 18.0. The minimum atomic E-state index is -0.391. The van der Waals surface area contributed by atoms with Gasteiger partial charge >= 0.3 is 0 Å². The van der Waals surface area contributed by atoms with Gasteiger partial charge in [-0.15, -0.1) is 0 Å². The monoisotopic (exact) mass is 345 g/mol. The molecule has 0 aliphatic carbocycles. The van der Waals surface area contributed by atoms with Gasteiger partial charge in [0.2, 0.25) is 0 Å². The van der Waals surface area contributed by atoms with Crippen molar-refractivity contribution in [3.63, 3.8) is 0 Å². The van der Waals surface area contributed by atoms with Crippen molar-refractivity contribution in [1.82, 2.24) is 0 Å². The quantitative estimate of drug-likeness (QED) is 0.902. The van der Waals surface area contributed by atoms with E-state index in [1.807, 2.05) is 23.1 Å². The van der Waals surface area contributed by atoms with Crippen LogP contribution in [-0.2, 0) is 6.54 Å². The Balaban J connectivity index is 2.00. The number of nitrogens with zero attached hydrogens (tertiary/aromatic N) is 2. The van der Waals surface area contributed by atoms with Gasteiger partial charge in [-0.2, -0.15) is 0 Å². The molecule has 1 aliphatic heterocycles. The third-order valence-corrected chi connectivity index (χ3v) is 4.04. The maximum Gasteiger partial charge on any atom is 0.149 e. The molecule has 1 heterocycles. The number of hydrogen-bond donors (Lipinski definition) is 1. The van der Waals surface area contributed by atoms with E-state index >= 15 is 0 Å². The molecule has 0 radical (unpaired) electrons. The highest BCUT2D eigenvalue weighted by molar-refractivity contribution is 5.95. The fourth-order valence-corrected chi connectivity index (χ4v) is 2.86. The number of halogens is 1. The van der Waals surface area contributed by atoms with Crippen LogP contribution in [0.4, 0.5) is 15.8 Å². The molecule has 3 rings (SSSR count). The average Bonchev–Trinajstić information content (AvgIpc) is 2.62. The van der Waals surface area contributed by atoms with Gasteiger partial charge < -0.3 is 24.8 Å². The minimum Gasteiger partial charge on any atom is -0.497 e. The molecule has 0 aromatic heterocycles. The molecule has 7 heteroatoms. The number of hydrogen-bond acceptors (Lipinski definition) is 6. The molecule has 2 aromatic rings. The van der Waals surface area contributed by atoms with Crippen molar-refractivity contribution in [2.75, 3.05) is 32.8 Å². The Morgan fingerprint density at radius 3 is 2.52 bits per heavy atom. The van der Waals surface area contributed by atoms with Crippen LogP contribution in [0.3, 0.4) is 0 Å². The van der Waals surface area contributed by atoms with Gasteiger partial charge in [0, 0.05) is 24.2 Å². The normalized spacial score (nSPS) is 13.1. The van der Waals surface area contributed by atoms with Gasteiger partial charge in [-0.1, -0.05) is 0 Å². The first-order chi connectivity index (χ1) is 12.0. The van der Waals surface area contributed by atoms with Gasteiger partial charge in [-0.05, 0) is 18.2 Å². The van der Waals surface area contributed by atoms with Crippen LogP contribution in [0.1, 0.15) is 5.56 Å². The molecule has 2 N–H and O–H groups in total. The molecule has 0 bridgehead atoms. The summed E-state index contributed by atoms with van der Waals surface area (Å²) in [5.74, 6) is 1.78. The second kappa shape index (κ2) is 6.88. The third kappa shape index (κ3) is 3.31. The number of ether oxygens (including phenoxy) is 3. The lowest BCUT2D eigenvalue weighted by molar-refractivity contribution is 0.391. The first-order valence-corrected chi connectivity index (χ1v) is 7.72. The number of amidine groups is 1. The lowest BCUT2D eigenvalue weighted by atomic mass is 10.1. The van der Waals surface area contributed by atoms with Gasteiger partial charge in [0.1, 0.15) is 34.6 Å². The largest absolute Gasteiger partial charge is 0.497 e. The molecule has 0 amide bonds. The number of fused-ring (bicyclic) bond motifs is 1. The van der Waals surface area contributed by atoms with E-state index in [1.165, 1.54) is 19.2 Å². The van der Waals surface area contributed by atoms with Gasteiger partial charge in [0.15, 0.2) is 0 Å². The first kappa shape index (κ1) is 16.9. The van der Waals surface area contributed by atoms with Crippen molar-refractivity contribution in [2.45, 2.75) is 6.54 Å². The second-order valence-corrected chi connectivity index (χ2v) is 5.61. The minimum absolute atomic E-state index is 0.351. The van der Waals surface area contributed by atoms with Crippen molar-refractivity contribution < 1.29 is 18.6 Å². The summed E-state index contributed by atoms with van der Waals surface area (Å²) in [5, 5.41) is 0. The van der Waals surface area contributed by atoms with Crippen LogP contribution < -0.4 is 24.8 Å². The lowest BCUT2D eigenvalue weighted by Crippen LogP contribution is -2.36. The van der Waals surface area contributed by atoms with Crippen molar-refractivity contribution >= 4 is 17.2 Å². The Hall–Kier alpha value is -2.96. The predicted octanol–water partition coefficient (Wildman–Crippen LogP) is 2.86. The van der Waals surface area contributed by atoms with E-state index < -0.39 is 5.82 Å². The molecule has 6 nitrogen and oxygen atoms in total. The first-order valence-electron chi connectivity index (χ1n) is 7.72. The highest BCUT2D eigenvalue weighted by atomic mass is 19.1. The summed E-state index contributed by atoms with van der Waals surface area (Å²) in [5.41, 5.74) is 8.06. The highest BCUT2D eigenvalue weighted by Crippen LogP contribution is 2.42. The van der Waals surface area contributed by atoms with Crippen LogP contribution in [0.15, 0.2) is 35.3 Å². The smallest absolute Gasteiger partial charge is 0.149 e. The Kier molecular flexibility index (Phi) is 4.65.